The van der Waals surface area contributed by atoms with Crippen LogP contribution in [0.1, 0.15) is 18.3 Å². The molecule has 0 saturated heterocycles. The fraction of sp³-hybridized carbons (Fsp3) is 0.400. The van der Waals surface area contributed by atoms with Gasteiger partial charge in [0.15, 0.2) is 5.82 Å². The van der Waals surface area contributed by atoms with Gasteiger partial charge in [0, 0.05) is 12.7 Å². The van der Waals surface area contributed by atoms with Gasteiger partial charge in [0.25, 0.3) is 10.0 Å². The summed E-state index contributed by atoms with van der Waals surface area (Å²) in [6.07, 6.45) is 1.41. The molecule has 2 aromatic heterocycles. The third kappa shape index (κ3) is 2.41. The molecule has 8 nitrogen and oxygen atoms in total. The Hall–Kier alpha value is -2.03. The Kier molecular flexibility index (Phi) is 3.23. The van der Waals surface area contributed by atoms with Crippen LogP contribution < -0.4 is 10.5 Å². The number of rotatable bonds is 4. The number of nitrogens with zero attached hydrogens (tertiary/aromatic N) is 3. The highest BCUT2D eigenvalue weighted by Crippen LogP contribution is 2.23. The standard InChI is InChI=1S/C10H16N6O2S/c1-4-16-5-8(10(11)14-16)19(17,18)15-9-6(2)12-13-7(9)3/h5,15H,4H2,1-3H3,(H2,11,14)(H,12,13). The molecule has 0 unspecified atom stereocenters. The van der Waals surface area contributed by atoms with E-state index in [4.69, 9.17) is 5.73 Å². The second-order valence-corrected chi connectivity index (χ2v) is 5.80. The number of hydrogen-bond acceptors (Lipinski definition) is 5. The van der Waals surface area contributed by atoms with Gasteiger partial charge >= 0.3 is 0 Å². The van der Waals surface area contributed by atoms with E-state index in [0.29, 0.717) is 23.6 Å². The van der Waals surface area contributed by atoms with Gasteiger partial charge in [0.2, 0.25) is 0 Å². The topological polar surface area (TPSA) is 119 Å². The summed E-state index contributed by atoms with van der Waals surface area (Å²) < 4.78 is 28.5. The molecule has 104 valence electrons. The summed E-state index contributed by atoms with van der Waals surface area (Å²) in [6.45, 7) is 5.83. The SMILES string of the molecule is CCn1cc(S(=O)(=O)Nc2c(C)n[nH]c2C)c(N)n1. The lowest BCUT2D eigenvalue weighted by Gasteiger charge is -2.06. The second kappa shape index (κ2) is 4.57. The molecule has 0 bridgehead atoms. The lowest BCUT2D eigenvalue weighted by molar-refractivity contribution is 0.600. The minimum absolute atomic E-state index is 0.0202. The zero-order chi connectivity index (χ0) is 14.2. The Morgan fingerprint density at radius 2 is 2.16 bits per heavy atom. The van der Waals surface area contributed by atoms with Crippen LogP contribution in [0, 0.1) is 13.8 Å². The van der Waals surface area contributed by atoms with Crippen LogP contribution in [-0.2, 0) is 16.6 Å². The van der Waals surface area contributed by atoms with Crippen molar-refractivity contribution in [3.63, 3.8) is 0 Å². The van der Waals surface area contributed by atoms with Crippen molar-refractivity contribution < 1.29 is 8.42 Å². The molecule has 0 aliphatic carbocycles. The summed E-state index contributed by atoms with van der Waals surface area (Å²) in [5, 5.41) is 10.6. The first kappa shape index (κ1) is 13.4. The predicted octanol–water partition coefficient (Wildman–Crippen LogP) is 0.626. The number of nitrogens with two attached hydrogens (primary N) is 1. The van der Waals surface area contributed by atoms with Gasteiger partial charge in [0.05, 0.1) is 17.1 Å². The minimum atomic E-state index is -3.77. The average molecular weight is 284 g/mol. The van der Waals surface area contributed by atoms with E-state index >= 15 is 0 Å². The van der Waals surface area contributed by atoms with E-state index in [1.54, 1.807) is 13.8 Å². The molecule has 0 saturated carbocycles. The van der Waals surface area contributed by atoms with Crippen LogP contribution >= 0.6 is 0 Å². The van der Waals surface area contributed by atoms with Gasteiger partial charge in [-0.15, -0.1) is 0 Å². The Morgan fingerprint density at radius 1 is 1.47 bits per heavy atom. The monoisotopic (exact) mass is 284 g/mol. The number of nitrogens with one attached hydrogen (secondary N) is 2. The van der Waals surface area contributed by atoms with Crippen LogP contribution in [0.2, 0.25) is 0 Å². The highest BCUT2D eigenvalue weighted by atomic mass is 32.2. The molecule has 0 aliphatic rings. The molecule has 19 heavy (non-hydrogen) atoms. The van der Waals surface area contributed by atoms with Crippen molar-refractivity contribution in [2.75, 3.05) is 10.5 Å². The fourth-order valence-electron chi connectivity index (χ4n) is 1.68. The van der Waals surface area contributed by atoms with Crippen molar-refractivity contribution in [1.29, 1.82) is 0 Å². The molecule has 0 aromatic carbocycles. The number of aromatic amines is 1. The number of sulfonamides is 1. The minimum Gasteiger partial charge on any atom is -0.381 e. The summed E-state index contributed by atoms with van der Waals surface area (Å²) in [5.41, 5.74) is 7.28. The van der Waals surface area contributed by atoms with E-state index in [1.807, 2.05) is 6.92 Å². The van der Waals surface area contributed by atoms with E-state index in [1.165, 1.54) is 10.9 Å². The molecule has 0 aliphatic heterocycles. The number of anilines is 2. The molecule has 4 N–H and O–H groups in total. The van der Waals surface area contributed by atoms with Crippen LogP contribution in [0.25, 0.3) is 0 Å². The zero-order valence-corrected chi connectivity index (χ0v) is 11.7. The molecule has 2 aromatic rings. The number of H-pyrrole nitrogens is 1. The quantitative estimate of drug-likeness (QED) is 0.760. The van der Waals surface area contributed by atoms with Crippen LogP contribution in [0.4, 0.5) is 11.5 Å². The second-order valence-electron chi connectivity index (χ2n) is 4.15. The van der Waals surface area contributed by atoms with E-state index in [-0.39, 0.29) is 10.7 Å². The largest absolute Gasteiger partial charge is 0.381 e. The van der Waals surface area contributed by atoms with Crippen molar-refractivity contribution in [1.82, 2.24) is 20.0 Å². The van der Waals surface area contributed by atoms with Crippen molar-refractivity contribution >= 4 is 21.5 Å². The molecular formula is C10H16N6O2S. The molecule has 9 heteroatoms. The van der Waals surface area contributed by atoms with Crippen molar-refractivity contribution in [3.05, 3.63) is 17.6 Å². The first-order chi connectivity index (χ1) is 8.85. The number of aromatic nitrogens is 4. The summed E-state index contributed by atoms with van der Waals surface area (Å²) in [6, 6.07) is 0. The normalized spacial score (nSPS) is 11.7. The Bertz CT molecular complexity index is 680. The fourth-order valence-corrected chi connectivity index (χ4v) is 2.93. The Balaban J connectivity index is 2.40. The number of aryl methyl sites for hydroxylation is 3. The summed E-state index contributed by atoms with van der Waals surface area (Å²) in [5.74, 6) is -0.0202. The molecule has 0 spiro atoms. The maximum Gasteiger partial charge on any atom is 0.267 e. The summed E-state index contributed by atoms with van der Waals surface area (Å²) in [7, 11) is -3.77. The summed E-state index contributed by atoms with van der Waals surface area (Å²) >= 11 is 0. The molecular weight excluding hydrogens is 268 g/mol. The van der Waals surface area contributed by atoms with Crippen LogP contribution in [0.3, 0.4) is 0 Å². The first-order valence-electron chi connectivity index (χ1n) is 5.72. The molecule has 0 amide bonds. The van der Waals surface area contributed by atoms with Gasteiger partial charge < -0.3 is 5.73 Å². The third-order valence-corrected chi connectivity index (χ3v) is 4.10. The maximum atomic E-state index is 12.3. The van der Waals surface area contributed by atoms with Crippen molar-refractivity contribution in [3.8, 4) is 0 Å². The number of hydrogen-bond donors (Lipinski definition) is 3. The Morgan fingerprint density at radius 3 is 2.63 bits per heavy atom. The molecule has 2 rings (SSSR count). The first-order valence-corrected chi connectivity index (χ1v) is 7.20. The third-order valence-electron chi connectivity index (χ3n) is 2.73. The van der Waals surface area contributed by atoms with E-state index in [9.17, 15) is 8.42 Å². The van der Waals surface area contributed by atoms with E-state index in [2.05, 4.69) is 20.0 Å². The molecule has 0 fully saturated rings. The molecule has 0 radical (unpaired) electrons. The Labute approximate surface area is 111 Å². The molecule has 2 heterocycles. The van der Waals surface area contributed by atoms with Crippen LogP contribution in [0.5, 0.6) is 0 Å². The van der Waals surface area contributed by atoms with E-state index in [0.717, 1.165) is 0 Å². The van der Waals surface area contributed by atoms with Gasteiger partial charge in [-0.25, -0.2) is 8.42 Å². The smallest absolute Gasteiger partial charge is 0.267 e. The van der Waals surface area contributed by atoms with Gasteiger partial charge in [-0.3, -0.25) is 14.5 Å². The van der Waals surface area contributed by atoms with Gasteiger partial charge in [0.1, 0.15) is 4.90 Å². The highest BCUT2D eigenvalue weighted by molar-refractivity contribution is 7.92. The van der Waals surface area contributed by atoms with Crippen LogP contribution in [-0.4, -0.2) is 28.4 Å². The lowest BCUT2D eigenvalue weighted by Crippen LogP contribution is -2.14. The maximum absolute atomic E-state index is 12.3. The predicted molar refractivity (Wildman–Crippen MR) is 71.2 cm³/mol. The van der Waals surface area contributed by atoms with Gasteiger partial charge in [-0.2, -0.15) is 10.2 Å². The van der Waals surface area contributed by atoms with Crippen LogP contribution in [0.15, 0.2) is 11.1 Å². The lowest BCUT2D eigenvalue weighted by atomic mass is 10.3. The number of nitrogen functional groups attached to an aromatic ring is 1. The summed E-state index contributed by atoms with van der Waals surface area (Å²) in [4.78, 5) is -0.0330. The zero-order valence-electron chi connectivity index (χ0n) is 10.9. The average Bonchev–Trinajstić information content (AvgIpc) is 2.87. The van der Waals surface area contributed by atoms with Gasteiger partial charge in [-0.1, -0.05) is 0 Å². The van der Waals surface area contributed by atoms with Crippen molar-refractivity contribution in [2.24, 2.45) is 0 Å². The highest BCUT2D eigenvalue weighted by Gasteiger charge is 2.23. The molecule has 0 atom stereocenters. The van der Waals surface area contributed by atoms with Crippen molar-refractivity contribution in [2.45, 2.75) is 32.2 Å². The van der Waals surface area contributed by atoms with Gasteiger partial charge in [-0.05, 0) is 20.8 Å². The van der Waals surface area contributed by atoms with E-state index < -0.39 is 10.0 Å².